The molecule has 0 saturated heterocycles. The van der Waals surface area contributed by atoms with Gasteiger partial charge in [-0.25, -0.2) is 0 Å². The van der Waals surface area contributed by atoms with Crippen molar-refractivity contribution in [2.75, 3.05) is 0 Å². The minimum absolute atomic E-state index is 0. The Morgan fingerprint density at radius 3 is 0.571 bits per heavy atom. The van der Waals surface area contributed by atoms with E-state index in [-0.39, 0.29) is 21.1 Å². The first-order valence-electron chi connectivity index (χ1n) is 0.707. The van der Waals surface area contributed by atoms with Crippen LogP contribution in [-0.2, 0) is 35.4 Å². The van der Waals surface area contributed by atoms with Gasteiger partial charge in [0.15, 0.2) is 0 Å². The molecule has 0 rings (SSSR count). The van der Waals surface area contributed by atoms with Gasteiger partial charge in [0.05, 0.1) is 0 Å². The normalized spacial score (nSPS) is 1.71. The third-order valence-electron chi connectivity index (χ3n) is 0. The molecule has 0 N–H and O–H groups in total. The van der Waals surface area contributed by atoms with Gasteiger partial charge in [0.1, 0.15) is 0 Å². The summed E-state index contributed by atoms with van der Waals surface area (Å²) < 4.78 is 0. The number of rotatable bonds is 0. The van der Waals surface area contributed by atoms with Crippen LogP contribution in [-0.4, -0.2) is 20.4 Å². The molecule has 0 aliphatic heterocycles. The van der Waals surface area contributed by atoms with Crippen LogP contribution in [0.3, 0.4) is 0 Å². The Morgan fingerprint density at radius 2 is 0.571 bits per heavy atom. The molecule has 0 aromatic rings. The van der Waals surface area contributed by atoms with E-state index >= 15 is 0 Å². The summed E-state index contributed by atoms with van der Waals surface area (Å²) in [7, 11) is 0. The molecular weight excluding hydrogens is 268 g/mol. The summed E-state index contributed by atoms with van der Waals surface area (Å²) in [5.74, 6) is 0. The van der Waals surface area contributed by atoms with Crippen molar-refractivity contribution >= 4 is 20.4 Å². The third-order valence-corrected chi connectivity index (χ3v) is 0. The van der Waals surface area contributed by atoms with Gasteiger partial charge in [-0.2, -0.15) is 0 Å². The van der Waals surface area contributed by atoms with Crippen molar-refractivity contribution in [2.45, 2.75) is 0 Å². The molecule has 0 unspecified atom stereocenters. The van der Waals surface area contributed by atoms with E-state index < -0.39 is 0 Å². The van der Waals surface area contributed by atoms with Crippen molar-refractivity contribution in [1.29, 1.82) is 0 Å². The second-order valence-electron chi connectivity index (χ2n) is 0. The Bertz CT molecular complexity index is 14.9. The van der Waals surface area contributed by atoms with Gasteiger partial charge in [0.2, 0.25) is 0 Å². The van der Waals surface area contributed by atoms with Crippen LogP contribution in [0.25, 0.3) is 0 Å². The van der Waals surface area contributed by atoms with Crippen molar-refractivity contribution in [2.24, 2.45) is 0 Å². The molecule has 0 saturated carbocycles. The summed E-state index contributed by atoms with van der Waals surface area (Å²) in [5, 5.41) is 0. The average molecular weight is 271 g/mol. The quantitative estimate of drug-likeness (QED) is 0.427. The van der Waals surface area contributed by atoms with Gasteiger partial charge < -0.3 is 14.4 Å². The summed E-state index contributed by atoms with van der Waals surface area (Å²) in [6.45, 7) is 9.75. The first-order chi connectivity index (χ1) is 3.00. The maximum absolute atomic E-state index is 7.75. The molecule has 0 heterocycles. The topological polar surface area (TPSA) is 51.2 Å². The Labute approximate surface area is 56.4 Å². The molecule has 0 aromatic carbocycles. The Hall–Kier alpha value is -0.302. The van der Waals surface area contributed by atoms with Crippen LogP contribution in [0.1, 0.15) is 0 Å². The second-order valence-corrected chi connectivity index (χ2v) is 0. The molecule has 0 amide bonds. The largest absolute Gasteiger partial charge is 0.545 e. The predicted octanol–water partition coefficient (Wildman–Crippen LogP) is -0.825. The van der Waals surface area contributed by atoms with E-state index in [1.165, 1.54) is 0 Å². The Morgan fingerprint density at radius 1 is 0.571 bits per heavy atom. The van der Waals surface area contributed by atoms with E-state index in [1.807, 2.05) is 0 Å². The van der Waals surface area contributed by atoms with Crippen LogP contribution in [0.2, 0.25) is 0 Å². The molecule has 7 heavy (non-hydrogen) atoms. The van der Waals surface area contributed by atoms with Crippen molar-refractivity contribution in [3.05, 3.63) is 0 Å². The van der Waals surface area contributed by atoms with Crippen molar-refractivity contribution < 1.29 is 35.4 Å². The smallest absolute Gasteiger partial charge is 0 e. The molecule has 0 aliphatic carbocycles. The van der Waals surface area contributed by atoms with E-state index in [0.29, 0.717) is 0 Å². The maximum Gasteiger partial charge on any atom is 0 e. The van der Waals surface area contributed by atoms with Crippen molar-refractivity contribution in [3.8, 4) is 0 Å². The molecule has 0 atom stereocenters. The zero-order chi connectivity index (χ0) is 6.00. The SMILES string of the molecule is [CH-]=O.[CH-]=O.[CH-]=O.[W]. The molecule has 0 fully saturated rings. The first kappa shape index (κ1) is 29.9. The molecule has 0 bridgehead atoms. The zero-order valence-electron chi connectivity index (χ0n) is 3.37. The Kier molecular flexibility index (Phi) is 5900. The molecule has 3 nitrogen and oxygen atoms in total. The molecule has 42 valence electrons. The van der Waals surface area contributed by atoms with E-state index in [0.717, 1.165) is 0 Å². The molecule has 0 spiro atoms. The average Bonchev–Trinajstić information content (AvgIpc) is 1.81. The second kappa shape index (κ2) is 1380. The van der Waals surface area contributed by atoms with Gasteiger partial charge in [0, 0.05) is 21.1 Å². The summed E-state index contributed by atoms with van der Waals surface area (Å²) in [4.78, 5) is 23.2. The Balaban J connectivity index is -0.00000000900. The third kappa shape index (κ3) is 856. The van der Waals surface area contributed by atoms with Crippen LogP contribution < -0.4 is 0 Å². The van der Waals surface area contributed by atoms with Crippen molar-refractivity contribution in [1.82, 2.24) is 0 Å². The van der Waals surface area contributed by atoms with Gasteiger partial charge in [-0.3, -0.25) is 20.4 Å². The van der Waals surface area contributed by atoms with E-state index in [2.05, 4.69) is 20.4 Å². The van der Waals surface area contributed by atoms with Crippen LogP contribution in [0.5, 0.6) is 0 Å². The summed E-state index contributed by atoms with van der Waals surface area (Å²) in [6.07, 6.45) is 0. The molecule has 4 heteroatoms. The van der Waals surface area contributed by atoms with E-state index in [4.69, 9.17) is 14.4 Å². The fraction of sp³-hybridized carbons (Fsp3) is 0. The molecular formula is C3H3O3W-3. The number of carbonyl (C=O) groups excluding carboxylic acids is 3. The summed E-state index contributed by atoms with van der Waals surface area (Å²) in [6, 6.07) is 0. The number of hydrogen-bond acceptors (Lipinski definition) is 3. The fourth-order valence-electron chi connectivity index (χ4n) is 0. The van der Waals surface area contributed by atoms with Crippen LogP contribution in [0.15, 0.2) is 0 Å². The summed E-state index contributed by atoms with van der Waals surface area (Å²) in [5.41, 5.74) is 0. The minimum Gasteiger partial charge on any atom is -0.545 e. The zero-order valence-corrected chi connectivity index (χ0v) is 6.30. The maximum atomic E-state index is 7.75. The first-order valence-corrected chi connectivity index (χ1v) is 0.707. The molecule has 0 radical (unpaired) electrons. The van der Waals surface area contributed by atoms with Gasteiger partial charge in [-0.1, -0.05) is 0 Å². The van der Waals surface area contributed by atoms with Crippen LogP contribution in [0, 0.1) is 0 Å². The van der Waals surface area contributed by atoms with Gasteiger partial charge >= 0.3 is 0 Å². The molecule has 0 aromatic heterocycles. The van der Waals surface area contributed by atoms with Gasteiger partial charge in [-0.05, 0) is 0 Å². The number of hydrogen-bond donors (Lipinski definition) is 0. The fourth-order valence-corrected chi connectivity index (χ4v) is 0. The predicted molar refractivity (Wildman–Crippen MR) is 20.3 cm³/mol. The van der Waals surface area contributed by atoms with Gasteiger partial charge in [-0.15, -0.1) is 0 Å². The van der Waals surface area contributed by atoms with E-state index in [1.54, 1.807) is 0 Å². The van der Waals surface area contributed by atoms with Crippen LogP contribution in [0.4, 0.5) is 0 Å². The summed E-state index contributed by atoms with van der Waals surface area (Å²) >= 11 is 0. The van der Waals surface area contributed by atoms with E-state index in [9.17, 15) is 0 Å². The van der Waals surface area contributed by atoms with Gasteiger partial charge in [0.25, 0.3) is 0 Å². The standard InChI is InChI=1S/3CHO.W/c3*1-2;/h3*1H;/q3*-1;. The van der Waals surface area contributed by atoms with Crippen LogP contribution >= 0.6 is 0 Å². The van der Waals surface area contributed by atoms with Crippen molar-refractivity contribution in [3.63, 3.8) is 0 Å². The minimum atomic E-state index is 0. The monoisotopic (exact) mass is 271 g/mol. The molecule has 0 aliphatic rings.